The first-order chi connectivity index (χ1) is 12.0. The zero-order valence-corrected chi connectivity index (χ0v) is 13.6. The molecule has 25 heavy (non-hydrogen) atoms. The molecule has 4 rings (SSSR count). The topological polar surface area (TPSA) is 73.1 Å². The molecule has 0 aliphatic heterocycles. The predicted molar refractivity (Wildman–Crippen MR) is 86.9 cm³/mol. The quantitative estimate of drug-likeness (QED) is 0.667. The minimum atomic E-state index is -2.63. The molecular formula is C16H13ClF2N4O2. The van der Waals surface area contributed by atoms with Gasteiger partial charge in [0.05, 0.1) is 25.3 Å². The van der Waals surface area contributed by atoms with E-state index in [1.807, 2.05) is 0 Å². The van der Waals surface area contributed by atoms with Gasteiger partial charge in [0.25, 0.3) is 5.92 Å². The number of hydrogen-bond acceptors (Lipinski definition) is 6. The Morgan fingerprint density at radius 1 is 1.36 bits per heavy atom. The highest BCUT2D eigenvalue weighted by molar-refractivity contribution is 6.29. The largest absolute Gasteiger partial charge is 0.491 e. The predicted octanol–water partition coefficient (Wildman–Crippen LogP) is 3.92. The number of oxazole rings is 1. The summed E-state index contributed by atoms with van der Waals surface area (Å²) < 4.78 is 36.8. The molecule has 1 aliphatic rings. The van der Waals surface area contributed by atoms with Crippen LogP contribution in [-0.4, -0.2) is 27.5 Å². The van der Waals surface area contributed by atoms with Crippen LogP contribution >= 0.6 is 11.6 Å². The molecule has 1 aromatic carbocycles. The van der Waals surface area contributed by atoms with Crippen molar-refractivity contribution in [2.45, 2.75) is 18.9 Å². The highest BCUT2D eigenvalue weighted by Gasteiger charge is 2.57. The van der Waals surface area contributed by atoms with Crippen molar-refractivity contribution in [1.82, 2.24) is 15.0 Å². The Morgan fingerprint density at radius 3 is 2.92 bits per heavy atom. The van der Waals surface area contributed by atoms with E-state index in [0.29, 0.717) is 34.9 Å². The Hall–Kier alpha value is -2.48. The maximum absolute atomic E-state index is 13.0. The monoisotopic (exact) mass is 366 g/mol. The Bertz CT molecular complexity index is 905. The van der Waals surface area contributed by atoms with Gasteiger partial charge in [-0.3, -0.25) is 0 Å². The summed E-state index contributed by atoms with van der Waals surface area (Å²) in [4.78, 5) is 12.4. The van der Waals surface area contributed by atoms with Crippen molar-refractivity contribution in [3.05, 3.63) is 41.8 Å². The summed E-state index contributed by atoms with van der Waals surface area (Å²) in [5.41, 5.74) is 0.460. The summed E-state index contributed by atoms with van der Waals surface area (Å²) in [7, 11) is 0. The summed E-state index contributed by atoms with van der Waals surface area (Å²) in [6, 6.07) is 5.21. The van der Waals surface area contributed by atoms with Crippen LogP contribution in [0.1, 0.15) is 12.3 Å². The molecule has 1 aliphatic carbocycles. The van der Waals surface area contributed by atoms with E-state index in [1.165, 1.54) is 6.26 Å². The maximum atomic E-state index is 13.0. The first kappa shape index (κ1) is 16.0. The van der Waals surface area contributed by atoms with Gasteiger partial charge in [0.1, 0.15) is 23.3 Å². The second-order valence-electron chi connectivity index (χ2n) is 5.75. The lowest BCUT2D eigenvalue weighted by molar-refractivity contribution is 0.0858. The van der Waals surface area contributed by atoms with Gasteiger partial charge in [0, 0.05) is 11.8 Å². The lowest BCUT2D eigenvalue weighted by Crippen LogP contribution is -2.07. The van der Waals surface area contributed by atoms with E-state index in [2.05, 4.69) is 20.3 Å². The lowest BCUT2D eigenvalue weighted by Gasteiger charge is -2.11. The van der Waals surface area contributed by atoms with Gasteiger partial charge in [-0.1, -0.05) is 6.07 Å². The van der Waals surface area contributed by atoms with Gasteiger partial charge in [-0.25, -0.2) is 23.7 Å². The number of benzene rings is 1. The van der Waals surface area contributed by atoms with Crippen molar-refractivity contribution in [2.24, 2.45) is 5.92 Å². The zero-order chi connectivity index (χ0) is 17.4. The van der Waals surface area contributed by atoms with Crippen molar-refractivity contribution in [2.75, 3.05) is 11.9 Å². The van der Waals surface area contributed by atoms with Gasteiger partial charge in [-0.15, -0.1) is 0 Å². The van der Waals surface area contributed by atoms with Crippen molar-refractivity contribution in [3.8, 4) is 5.75 Å². The Morgan fingerprint density at radius 2 is 2.20 bits per heavy atom. The Kier molecular flexibility index (Phi) is 3.91. The van der Waals surface area contributed by atoms with E-state index in [9.17, 15) is 8.78 Å². The minimum Gasteiger partial charge on any atom is -0.491 e. The van der Waals surface area contributed by atoms with Crippen LogP contribution in [0.5, 0.6) is 5.75 Å². The van der Waals surface area contributed by atoms with Crippen molar-refractivity contribution < 1.29 is 17.9 Å². The number of rotatable bonds is 6. The third kappa shape index (κ3) is 3.34. The number of anilines is 1. The molecule has 1 fully saturated rings. The van der Waals surface area contributed by atoms with Crippen LogP contribution < -0.4 is 10.1 Å². The van der Waals surface area contributed by atoms with Crippen LogP contribution in [0.2, 0.25) is 5.28 Å². The van der Waals surface area contributed by atoms with Crippen LogP contribution in [-0.2, 0) is 6.54 Å². The molecule has 0 bridgehead atoms. The summed E-state index contributed by atoms with van der Waals surface area (Å²) in [6.07, 6.45) is 2.87. The van der Waals surface area contributed by atoms with E-state index in [1.54, 1.807) is 24.4 Å². The second kappa shape index (κ2) is 6.11. The number of aromatic nitrogens is 3. The molecule has 0 radical (unpaired) electrons. The van der Waals surface area contributed by atoms with E-state index in [0.717, 1.165) is 0 Å². The molecule has 2 heterocycles. The molecule has 130 valence electrons. The van der Waals surface area contributed by atoms with Gasteiger partial charge in [-0.2, -0.15) is 0 Å². The average molecular weight is 367 g/mol. The molecule has 0 saturated heterocycles. The maximum Gasteiger partial charge on any atom is 0.255 e. The van der Waals surface area contributed by atoms with Gasteiger partial charge < -0.3 is 14.5 Å². The number of alkyl halides is 2. The molecule has 1 atom stereocenters. The number of ether oxygens (including phenoxy) is 1. The first-order valence-electron chi connectivity index (χ1n) is 7.62. The van der Waals surface area contributed by atoms with Crippen LogP contribution in [0.4, 0.5) is 14.6 Å². The second-order valence-corrected chi connectivity index (χ2v) is 6.08. The Labute approximate surface area is 146 Å². The fourth-order valence-corrected chi connectivity index (χ4v) is 2.66. The summed E-state index contributed by atoms with van der Waals surface area (Å²) in [6.45, 7) is 0.252. The fourth-order valence-electron chi connectivity index (χ4n) is 2.49. The van der Waals surface area contributed by atoms with Gasteiger partial charge in [0.2, 0.25) is 11.2 Å². The summed E-state index contributed by atoms with van der Waals surface area (Å²) >= 11 is 6.00. The van der Waals surface area contributed by atoms with E-state index < -0.39 is 11.8 Å². The molecule has 0 amide bonds. The van der Waals surface area contributed by atoms with Gasteiger partial charge in [0.15, 0.2) is 0 Å². The Balaban J connectivity index is 1.59. The molecule has 0 spiro atoms. The first-order valence-corrected chi connectivity index (χ1v) is 8.00. The standard InChI is InChI=1S/C16H13ClF2N4O2/c17-15-22-13-10(14(23-15)21-7-12-20-4-5-24-12)2-1-3-11(13)25-8-9-6-16(9,18)19/h1-5,9H,6-8H2,(H,21,22,23). The smallest absolute Gasteiger partial charge is 0.255 e. The molecule has 1 unspecified atom stereocenters. The van der Waals surface area contributed by atoms with E-state index >= 15 is 0 Å². The molecule has 3 aromatic rings. The molecule has 6 nitrogen and oxygen atoms in total. The van der Waals surface area contributed by atoms with Crippen LogP contribution in [0.25, 0.3) is 10.9 Å². The van der Waals surface area contributed by atoms with E-state index in [-0.39, 0.29) is 18.3 Å². The lowest BCUT2D eigenvalue weighted by atomic mass is 10.2. The van der Waals surface area contributed by atoms with Crippen molar-refractivity contribution in [3.63, 3.8) is 0 Å². The average Bonchev–Trinajstić information content (AvgIpc) is 2.98. The molecule has 1 N–H and O–H groups in total. The van der Waals surface area contributed by atoms with Crippen LogP contribution in [0.3, 0.4) is 0 Å². The number of nitrogens with one attached hydrogen (secondary N) is 1. The number of hydrogen-bond donors (Lipinski definition) is 1. The normalized spacial score (nSPS) is 18.3. The number of nitrogens with zero attached hydrogens (tertiary/aromatic N) is 3. The molecule has 1 saturated carbocycles. The fraction of sp³-hybridized carbons (Fsp3) is 0.312. The van der Waals surface area contributed by atoms with Gasteiger partial charge >= 0.3 is 0 Å². The van der Waals surface area contributed by atoms with E-state index in [4.69, 9.17) is 20.8 Å². The summed E-state index contributed by atoms with van der Waals surface area (Å²) in [5.74, 6) is -2.01. The molecular weight excluding hydrogens is 354 g/mol. The third-order valence-electron chi connectivity index (χ3n) is 3.95. The minimum absolute atomic E-state index is 0.0233. The highest BCUT2D eigenvalue weighted by atomic mass is 35.5. The number of halogens is 3. The molecule has 9 heteroatoms. The number of para-hydroxylation sites is 1. The zero-order valence-electron chi connectivity index (χ0n) is 12.9. The van der Waals surface area contributed by atoms with Crippen molar-refractivity contribution >= 4 is 28.3 Å². The van der Waals surface area contributed by atoms with Gasteiger partial charge in [-0.05, 0) is 23.7 Å². The highest BCUT2D eigenvalue weighted by Crippen LogP contribution is 2.48. The molecule has 2 aromatic heterocycles. The van der Waals surface area contributed by atoms with Crippen LogP contribution in [0, 0.1) is 5.92 Å². The third-order valence-corrected chi connectivity index (χ3v) is 4.12. The van der Waals surface area contributed by atoms with Crippen LogP contribution in [0.15, 0.2) is 35.1 Å². The summed E-state index contributed by atoms with van der Waals surface area (Å²) in [5, 5.41) is 3.77. The van der Waals surface area contributed by atoms with Crippen molar-refractivity contribution in [1.29, 1.82) is 0 Å². The number of fused-ring (bicyclic) bond motifs is 1. The SMILES string of the molecule is FC1(F)CC1COc1cccc2c(NCc3ncco3)nc(Cl)nc12.